The Morgan fingerprint density at radius 2 is 2.20 bits per heavy atom. The van der Waals surface area contributed by atoms with Crippen LogP contribution in [0.2, 0.25) is 0 Å². The molecule has 0 aromatic rings. The van der Waals surface area contributed by atoms with Crippen LogP contribution in [-0.4, -0.2) is 11.9 Å². The van der Waals surface area contributed by atoms with Crippen LogP contribution in [0.4, 0.5) is 0 Å². The average molecular weight is 140 g/mol. The van der Waals surface area contributed by atoms with Gasteiger partial charge in [-0.15, -0.1) is 0 Å². The summed E-state index contributed by atoms with van der Waals surface area (Å²) in [6.07, 6.45) is 3.37. The molecule has 1 rings (SSSR count). The molecule has 10 heavy (non-hydrogen) atoms. The summed E-state index contributed by atoms with van der Waals surface area (Å²) in [5, 5.41) is 5.61. The van der Waals surface area contributed by atoms with Crippen molar-refractivity contribution >= 4 is 5.91 Å². The Bertz CT molecular complexity index is 163. The van der Waals surface area contributed by atoms with Gasteiger partial charge in [-0.25, -0.2) is 0 Å². The summed E-state index contributed by atoms with van der Waals surface area (Å²) in [5.74, 6) is 0.391. The molecule has 1 heterocycles. The molecule has 1 atom stereocenters. The lowest BCUT2D eigenvalue weighted by atomic mass is 10.0. The van der Waals surface area contributed by atoms with Crippen molar-refractivity contribution in [3.05, 3.63) is 12.4 Å². The molecule has 1 amide bonds. The van der Waals surface area contributed by atoms with Gasteiger partial charge in [-0.2, -0.15) is 0 Å². The monoisotopic (exact) mass is 140 g/mol. The maximum absolute atomic E-state index is 11.0. The van der Waals surface area contributed by atoms with Crippen LogP contribution in [0.25, 0.3) is 0 Å². The van der Waals surface area contributed by atoms with E-state index >= 15 is 0 Å². The Hall–Kier alpha value is -0.990. The second-order valence-electron chi connectivity index (χ2n) is 2.73. The first-order valence-corrected chi connectivity index (χ1v) is 3.43. The van der Waals surface area contributed by atoms with Crippen molar-refractivity contribution in [3.8, 4) is 0 Å². The third-order valence-electron chi connectivity index (χ3n) is 1.53. The minimum Gasteiger partial charge on any atom is -0.378 e. The van der Waals surface area contributed by atoms with Crippen LogP contribution in [0.15, 0.2) is 12.4 Å². The van der Waals surface area contributed by atoms with E-state index in [1.54, 1.807) is 12.4 Å². The summed E-state index contributed by atoms with van der Waals surface area (Å²) in [6.45, 7) is 4.02. The largest absolute Gasteiger partial charge is 0.378 e. The van der Waals surface area contributed by atoms with Crippen LogP contribution in [-0.2, 0) is 4.79 Å². The van der Waals surface area contributed by atoms with E-state index in [4.69, 9.17) is 0 Å². The number of hydrogen-bond acceptors (Lipinski definition) is 2. The van der Waals surface area contributed by atoms with E-state index in [2.05, 4.69) is 10.6 Å². The Balaban J connectivity index is 2.59. The minimum absolute atomic E-state index is 0.0532. The zero-order chi connectivity index (χ0) is 7.56. The molecule has 3 heteroatoms. The Morgan fingerprint density at radius 3 is 2.60 bits per heavy atom. The Morgan fingerprint density at radius 1 is 1.50 bits per heavy atom. The molecular formula is C7H12N2O. The highest BCUT2D eigenvalue weighted by Gasteiger charge is 2.21. The highest BCUT2D eigenvalue weighted by molar-refractivity contribution is 5.83. The van der Waals surface area contributed by atoms with Crippen molar-refractivity contribution in [2.24, 2.45) is 5.92 Å². The smallest absolute Gasteiger partial charge is 0.246 e. The van der Waals surface area contributed by atoms with E-state index in [0.29, 0.717) is 5.92 Å². The molecule has 0 saturated carbocycles. The molecule has 1 aliphatic rings. The van der Waals surface area contributed by atoms with Gasteiger partial charge in [0.1, 0.15) is 6.04 Å². The van der Waals surface area contributed by atoms with Crippen LogP contribution < -0.4 is 10.6 Å². The standard InChI is InChI=1S/C7H12N2O/c1-5(2)6-7(10)9-4-3-8-6/h3-6,8H,1-2H3,(H,9,10). The van der Waals surface area contributed by atoms with Crippen molar-refractivity contribution in [2.75, 3.05) is 0 Å². The zero-order valence-corrected chi connectivity index (χ0v) is 6.22. The Labute approximate surface area is 60.5 Å². The highest BCUT2D eigenvalue weighted by atomic mass is 16.2. The van der Waals surface area contributed by atoms with Gasteiger partial charge in [0.2, 0.25) is 5.91 Å². The molecular weight excluding hydrogens is 128 g/mol. The maximum Gasteiger partial charge on any atom is 0.246 e. The normalized spacial score (nSPS) is 24.3. The van der Waals surface area contributed by atoms with Crippen molar-refractivity contribution in [2.45, 2.75) is 19.9 Å². The second-order valence-corrected chi connectivity index (χ2v) is 2.73. The van der Waals surface area contributed by atoms with E-state index in [-0.39, 0.29) is 11.9 Å². The third kappa shape index (κ3) is 1.29. The average Bonchev–Trinajstić information content (AvgIpc) is 1.88. The van der Waals surface area contributed by atoms with Gasteiger partial charge in [-0.3, -0.25) is 4.79 Å². The van der Waals surface area contributed by atoms with E-state index in [1.165, 1.54) is 0 Å². The van der Waals surface area contributed by atoms with Crippen LogP contribution in [0.3, 0.4) is 0 Å². The second kappa shape index (κ2) is 2.73. The topological polar surface area (TPSA) is 41.1 Å². The first kappa shape index (κ1) is 7.12. The van der Waals surface area contributed by atoms with Gasteiger partial charge in [-0.1, -0.05) is 13.8 Å². The van der Waals surface area contributed by atoms with Crippen molar-refractivity contribution in [3.63, 3.8) is 0 Å². The minimum atomic E-state index is -0.0648. The van der Waals surface area contributed by atoms with Gasteiger partial charge >= 0.3 is 0 Å². The van der Waals surface area contributed by atoms with E-state index < -0.39 is 0 Å². The van der Waals surface area contributed by atoms with Gasteiger partial charge < -0.3 is 10.6 Å². The number of amides is 1. The zero-order valence-electron chi connectivity index (χ0n) is 6.22. The summed E-state index contributed by atoms with van der Waals surface area (Å²) >= 11 is 0. The molecule has 1 aliphatic heterocycles. The number of carbonyl (C=O) groups is 1. The fraction of sp³-hybridized carbons (Fsp3) is 0.571. The molecule has 2 N–H and O–H groups in total. The van der Waals surface area contributed by atoms with Crippen LogP contribution in [0.5, 0.6) is 0 Å². The van der Waals surface area contributed by atoms with Gasteiger partial charge in [0.25, 0.3) is 0 Å². The summed E-state index contributed by atoms with van der Waals surface area (Å²) in [5.41, 5.74) is 0. The van der Waals surface area contributed by atoms with Crippen LogP contribution in [0, 0.1) is 5.92 Å². The van der Waals surface area contributed by atoms with Gasteiger partial charge in [0, 0.05) is 12.4 Å². The third-order valence-corrected chi connectivity index (χ3v) is 1.53. The first-order valence-electron chi connectivity index (χ1n) is 3.43. The fourth-order valence-electron chi connectivity index (χ4n) is 0.936. The quantitative estimate of drug-likeness (QED) is 0.546. The van der Waals surface area contributed by atoms with Gasteiger partial charge in [-0.05, 0) is 5.92 Å². The highest BCUT2D eigenvalue weighted by Crippen LogP contribution is 2.03. The van der Waals surface area contributed by atoms with Crippen LogP contribution in [0.1, 0.15) is 13.8 Å². The predicted octanol–water partition coefficient (Wildman–Crippen LogP) is 0.202. The lowest BCUT2D eigenvalue weighted by molar-refractivity contribution is -0.123. The van der Waals surface area contributed by atoms with Crippen molar-refractivity contribution in [1.82, 2.24) is 10.6 Å². The fourth-order valence-corrected chi connectivity index (χ4v) is 0.936. The number of nitrogens with one attached hydrogen (secondary N) is 2. The molecule has 0 bridgehead atoms. The molecule has 0 saturated heterocycles. The maximum atomic E-state index is 11.0. The number of rotatable bonds is 1. The molecule has 1 unspecified atom stereocenters. The van der Waals surface area contributed by atoms with E-state index in [1.807, 2.05) is 13.8 Å². The summed E-state index contributed by atoms with van der Waals surface area (Å²) in [7, 11) is 0. The summed E-state index contributed by atoms with van der Waals surface area (Å²) in [4.78, 5) is 11.0. The Kier molecular flexibility index (Phi) is 1.94. The molecule has 0 aromatic carbocycles. The van der Waals surface area contributed by atoms with E-state index in [0.717, 1.165) is 0 Å². The predicted molar refractivity (Wildman–Crippen MR) is 39.0 cm³/mol. The lowest BCUT2D eigenvalue weighted by Gasteiger charge is -2.22. The molecule has 0 radical (unpaired) electrons. The first-order chi connectivity index (χ1) is 4.72. The number of hydrogen-bond donors (Lipinski definition) is 2. The van der Waals surface area contributed by atoms with Gasteiger partial charge in [0.05, 0.1) is 0 Å². The van der Waals surface area contributed by atoms with E-state index in [9.17, 15) is 4.79 Å². The van der Waals surface area contributed by atoms with Crippen molar-refractivity contribution < 1.29 is 4.79 Å². The molecule has 0 spiro atoms. The van der Waals surface area contributed by atoms with Crippen LogP contribution >= 0.6 is 0 Å². The number of carbonyl (C=O) groups excluding carboxylic acids is 1. The molecule has 3 nitrogen and oxygen atoms in total. The van der Waals surface area contributed by atoms with Gasteiger partial charge in [0.15, 0.2) is 0 Å². The molecule has 0 aliphatic carbocycles. The van der Waals surface area contributed by atoms with Crippen molar-refractivity contribution in [1.29, 1.82) is 0 Å². The molecule has 0 aromatic heterocycles. The summed E-state index contributed by atoms with van der Waals surface area (Å²) < 4.78 is 0. The SMILES string of the molecule is CC(C)C1NC=CNC1=O. The lowest BCUT2D eigenvalue weighted by Crippen LogP contribution is -2.46. The molecule has 56 valence electrons. The summed E-state index contributed by atoms with van der Waals surface area (Å²) in [6, 6.07) is -0.0648. The molecule has 0 fully saturated rings.